The van der Waals surface area contributed by atoms with E-state index in [2.05, 4.69) is 10.6 Å². The number of carbonyl (C=O) groups is 1. The number of amides is 1. The molecule has 0 bridgehead atoms. The molecule has 2 N–H and O–H groups in total. The van der Waals surface area contributed by atoms with Gasteiger partial charge in [-0.3, -0.25) is 14.9 Å². The molecular formula is C13H17N3O4. The molecule has 0 spiro atoms. The number of nitro benzene ring substituents is 1. The maximum absolute atomic E-state index is 11.1. The van der Waals surface area contributed by atoms with Crippen molar-refractivity contribution in [2.75, 3.05) is 13.7 Å². The van der Waals surface area contributed by atoms with E-state index in [4.69, 9.17) is 4.74 Å². The Morgan fingerprint density at radius 1 is 1.55 bits per heavy atom. The lowest BCUT2D eigenvalue weighted by Gasteiger charge is -2.23. The molecule has 1 aliphatic heterocycles. The minimum atomic E-state index is -0.427. The third-order valence-corrected chi connectivity index (χ3v) is 3.32. The number of piperidine rings is 1. The number of benzene rings is 1. The van der Waals surface area contributed by atoms with E-state index in [1.165, 1.54) is 19.2 Å². The predicted molar refractivity (Wildman–Crippen MR) is 72.5 cm³/mol. The number of methoxy groups -OCH3 is 1. The summed E-state index contributed by atoms with van der Waals surface area (Å²) >= 11 is 0. The van der Waals surface area contributed by atoms with Crippen molar-refractivity contribution >= 4 is 11.6 Å². The van der Waals surface area contributed by atoms with Gasteiger partial charge in [-0.2, -0.15) is 0 Å². The first-order chi connectivity index (χ1) is 9.60. The Morgan fingerprint density at radius 3 is 2.95 bits per heavy atom. The number of carbonyl (C=O) groups excluding carboxylic acids is 1. The van der Waals surface area contributed by atoms with Crippen molar-refractivity contribution in [2.45, 2.75) is 25.4 Å². The molecule has 1 fully saturated rings. The van der Waals surface area contributed by atoms with Gasteiger partial charge in [0.2, 0.25) is 5.91 Å². The van der Waals surface area contributed by atoms with Gasteiger partial charge in [0.15, 0.2) is 0 Å². The topological polar surface area (TPSA) is 93.5 Å². The minimum absolute atomic E-state index is 0.0412. The van der Waals surface area contributed by atoms with Gasteiger partial charge < -0.3 is 15.4 Å². The fraction of sp³-hybridized carbons (Fsp3) is 0.462. The van der Waals surface area contributed by atoms with Crippen LogP contribution in [-0.2, 0) is 11.3 Å². The van der Waals surface area contributed by atoms with Gasteiger partial charge >= 0.3 is 0 Å². The van der Waals surface area contributed by atoms with Crippen LogP contribution in [0.25, 0.3) is 0 Å². The standard InChI is InChI=1S/C13H17N3O4/c1-20-12-4-3-11(16(18)19)6-9(12)7-14-10-2-5-13(17)15-8-10/h3-4,6,10,14H,2,5,7-8H2,1H3,(H,15,17). The van der Waals surface area contributed by atoms with Crippen LogP contribution in [0.2, 0.25) is 0 Å². The summed E-state index contributed by atoms with van der Waals surface area (Å²) in [6.45, 7) is 1.04. The van der Waals surface area contributed by atoms with Crippen molar-refractivity contribution in [3.63, 3.8) is 0 Å². The average Bonchev–Trinajstić information content (AvgIpc) is 2.46. The zero-order chi connectivity index (χ0) is 14.5. The molecule has 1 aliphatic rings. The fourth-order valence-corrected chi connectivity index (χ4v) is 2.18. The Bertz CT molecular complexity index is 508. The Labute approximate surface area is 116 Å². The molecule has 108 valence electrons. The molecule has 0 saturated carbocycles. The number of nitro groups is 1. The Kier molecular flexibility index (Phi) is 4.52. The first kappa shape index (κ1) is 14.3. The molecule has 1 aromatic rings. The van der Waals surface area contributed by atoms with Crippen LogP contribution in [0.3, 0.4) is 0 Å². The summed E-state index contributed by atoms with van der Waals surface area (Å²) in [4.78, 5) is 21.4. The summed E-state index contributed by atoms with van der Waals surface area (Å²) in [7, 11) is 1.53. The van der Waals surface area contributed by atoms with Crippen molar-refractivity contribution in [1.82, 2.24) is 10.6 Å². The molecule has 1 amide bonds. The predicted octanol–water partition coefficient (Wildman–Crippen LogP) is 0.972. The molecule has 0 aromatic heterocycles. The molecule has 1 heterocycles. The summed E-state index contributed by atoms with van der Waals surface area (Å²) in [6.07, 6.45) is 1.27. The van der Waals surface area contributed by atoms with Crippen LogP contribution in [0, 0.1) is 10.1 Å². The molecule has 1 atom stereocenters. The van der Waals surface area contributed by atoms with Crippen molar-refractivity contribution in [3.05, 3.63) is 33.9 Å². The quantitative estimate of drug-likeness (QED) is 0.619. The molecular weight excluding hydrogens is 262 g/mol. The Morgan fingerprint density at radius 2 is 2.35 bits per heavy atom. The largest absolute Gasteiger partial charge is 0.496 e. The van der Waals surface area contributed by atoms with Gasteiger partial charge in [0.25, 0.3) is 5.69 Å². The van der Waals surface area contributed by atoms with Gasteiger partial charge in [0, 0.05) is 43.2 Å². The van der Waals surface area contributed by atoms with Crippen LogP contribution in [0.1, 0.15) is 18.4 Å². The van der Waals surface area contributed by atoms with E-state index in [-0.39, 0.29) is 17.6 Å². The SMILES string of the molecule is COc1ccc([N+](=O)[O-])cc1CNC1CCC(=O)NC1. The highest BCUT2D eigenvalue weighted by Crippen LogP contribution is 2.24. The smallest absolute Gasteiger partial charge is 0.270 e. The highest BCUT2D eigenvalue weighted by molar-refractivity contribution is 5.76. The van der Waals surface area contributed by atoms with E-state index < -0.39 is 4.92 Å². The van der Waals surface area contributed by atoms with Crippen LogP contribution in [0.15, 0.2) is 18.2 Å². The zero-order valence-electron chi connectivity index (χ0n) is 11.2. The summed E-state index contributed by atoms with van der Waals surface area (Å²) in [6, 6.07) is 4.70. The monoisotopic (exact) mass is 279 g/mol. The normalized spacial score (nSPS) is 18.4. The maximum Gasteiger partial charge on any atom is 0.270 e. The van der Waals surface area contributed by atoms with E-state index >= 15 is 0 Å². The van der Waals surface area contributed by atoms with Crippen LogP contribution in [0.5, 0.6) is 5.75 Å². The second kappa shape index (κ2) is 6.33. The van der Waals surface area contributed by atoms with Gasteiger partial charge in [-0.25, -0.2) is 0 Å². The minimum Gasteiger partial charge on any atom is -0.496 e. The second-order valence-electron chi connectivity index (χ2n) is 4.67. The third-order valence-electron chi connectivity index (χ3n) is 3.32. The van der Waals surface area contributed by atoms with Crippen molar-refractivity contribution in [1.29, 1.82) is 0 Å². The molecule has 20 heavy (non-hydrogen) atoms. The van der Waals surface area contributed by atoms with Gasteiger partial charge in [-0.05, 0) is 12.5 Å². The highest BCUT2D eigenvalue weighted by atomic mass is 16.6. The van der Waals surface area contributed by atoms with Crippen LogP contribution in [-0.4, -0.2) is 30.5 Å². The summed E-state index contributed by atoms with van der Waals surface area (Å²) in [5, 5.41) is 16.9. The van der Waals surface area contributed by atoms with Gasteiger partial charge in [-0.1, -0.05) is 0 Å². The van der Waals surface area contributed by atoms with Crippen LogP contribution in [0.4, 0.5) is 5.69 Å². The lowest BCUT2D eigenvalue weighted by molar-refractivity contribution is -0.384. The second-order valence-corrected chi connectivity index (χ2v) is 4.67. The summed E-state index contributed by atoms with van der Waals surface area (Å²) in [5.41, 5.74) is 0.776. The maximum atomic E-state index is 11.1. The zero-order valence-corrected chi connectivity index (χ0v) is 11.2. The number of non-ortho nitro benzene ring substituents is 1. The molecule has 0 aliphatic carbocycles. The summed E-state index contributed by atoms with van der Waals surface area (Å²) < 4.78 is 5.20. The summed E-state index contributed by atoms with van der Waals surface area (Å²) in [5.74, 6) is 0.680. The number of rotatable bonds is 5. The van der Waals surface area contributed by atoms with E-state index in [1.807, 2.05) is 0 Å². The van der Waals surface area contributed by atoms with E-state index in [1.54, 1.807) is 6.07 Å². The van der Waals surface area contributed by atoms with Crippen LogP contribution < -0.4 is 15.4 Å². The van der Waals surface area contributed by atoms with Gasteiger partial charge in [0.1, 0.15) is 5.75 Å². The average molecular weight is 279 g/mol. The Hall–Kier alpha value is -2.15. The first-order valence-electron chi connectivity index (χ1n) is 6.41. The third kappa shape index (κ3) is 3.45. The molecule has 7 heteroatoms. The molecule has 1 aromatic carbocycles. The number of hydrogen-bond acceptors (Lipinski definition) is 5. The lowest BCUT2D eigenvalue weighted by Crippen LogP contribution is -2.45. The van der Waals surface area contributed by atoms with Gasteiger partial charge in [0.05, 0.1) is 12.0 Å². The number of nitrogens with one attached hydrogen (secondary N) is 2. The molecule has 2 rings (SSSR count). The van der Waals surface area contributed by atoms with Crippen molar-refractivity contribution < 1.29 is 14.5 Å². The Balaban J connectivity index is 2.02. The highest BCUT2D eigenvalue weighted by Gasteiger charge is 2.18. The lowest BCUT2D eigenvalue weighted by atomic mass is 10.1. The van der Waals surface area contributed by atoms with Crippen LogP contribution >= 0.6 is 0 Å². The first-order valence-corrected chi connectivity index (χ1v) is 6.41. The number of nitrogens with zero attached hydrogens (tertiary/aromatic N) is 1. The molecule has 0 radical (unpaired) electrons. The number of ether oxygens (including phenoxy) is 1. The molecule has 1 unspecified atom stereocenters. The van der Waals surface area contributed by atoms with Gasteiger partial charge in [-0.15, -0.1) is 0 Å². The fourth-order valence-electron chi connectivity index (χ4n) is 2.18. The number of hydrogen-bond donors (Lipinski definition) is 2. The van der Waals surface area contributed by atoms with E-state index in [9.17, 15) is 14.9 Å². The van der Waals surface area contributed by atoms with Crippen molar-refractivity contribution in [2.24, 2.45) is 0 Å². The van der Waals surface area contributed by atoms with Crippen molar-refractivity contribution in [3.8, 4) is 5.75 Å². The van der Waals surface area contributed by atoms with E-state index in [0.717, 1.165) is 12.0 Å². The molecule has 7 nitrogen and oxygen atoms in total. The molecule has 1 saturated heterocycles. The van der Waals surface area contributed by atoms with E-state index in [0.29, 0.717) is 25.3 Å².